The molecule has 3 rings (SSSR count). The van der Waals surface area contributed by atoms with Gasteiger partial charge in [0.25, 0.3) is 0 Å². The Morgan fingerprint density at radius 2 is 1.92 bits per heavy atom. The highest BCUT2D eigenvalue weighted by Gasteiger charge is 2.26. The molecule has 0 radical (unpaired) electrons. The van der Waals surface area contributed by atoms with Gasteiger partial charge in [-0.25, -0.2) is 9.78 Å². The number of benzene rings is 1. The third-order valence-corrected chi connectivity index (χ3v) is 3.96. The molecule has 2 heterocycles. The van der Waals surface area contributed by atoms with Crippen molar-refractivity contribution >= 4 is 5.97 Å². The molecule has 0 N–H and O–H groups in total. The molecule has 128 valence electrons. The van der Waals surface area contributed by atoms with Crippen LogP contribution in [0.25, 0.3) is 11.3 Å². The molecule has 0 bridgehead atoms. The molecule has 1 aromatic heterocycles. The lowest BCUT2D eigenvalue weighted by atomic mass is 10.1. The molecule has 1 aliphatic heterocycles. The number of carbonyl (C=O) groups excluding carboxylic acids is 1. The van der Waals surface area contributed by atoms with Crippen LogP contribution in [0.4, 0.5) is 0 Å². The summed E-state index contributed by atoms with van der Waals surface area (Å²) in [4.78, 5) is 16.5. The summed E-state index contributed by atoms with van der Waals surface area (Å²) in [6.07, 6.45) is 3.39. The maximum Gasteiger partial charge on any atom is 0.374 e. The van der Waals surface area contributed by atoms with Gasteiger partial charge >= 0.3 is 5.97 Å². The van der Waals surface area contributed by atoms with Crippen molar-refractivity contribution in [1.29, 1.82) is 0 Å². The Morgan fingerprint density at radius 1 is 1.21 bits per heavy atom. The molecule has 0 saturated carbocycles. The standard InChI is InChI=1S/C17H20N2O5/c1-21-12-7-11(8-13(9-12)22-2)14-10-19(15-5-4-6-24-15)16(18-14)17(20)23-3/h7-10,15H,4-6H2,1-3H3/i17+2. The van der Waals surface area contributed by atoms with E-state index in [0.717, 1.165) is 18.4 Å². The zero-order valence-corrected chi connectivity index (χ0v) is 13.9. The summed E-state index contributed by atoms with van der Waals surface area (Å²) in [5, 5.41) is 0. The molecule has 1 fully saturated rings. The second-order valence-electron chi connectivity index (χ2n) is 5.42. The number of ether oxygens (including phenoxy) is 4. The van der Waals surface area contributed by atoms with Gasteiger partial charge in [-0.1, -0.05) is 0 Å². The van der Waals surface area contributed by atoms with E-state index in [-0.39, 0.29) is 12.1 Å². The van der Waals surface area contributed by atoms with E-state index in [2.05, 4.69) is 4.98 Å². The van der Waals surface area contributed by atoms with Crippen LogP contribution in [-0.2, 0) is 9.47 Å². The molecule has 1 atom stereocenters. The molecule has 7 heteroatoms. The largest absolute Gasteiger partial charge is 0.497 e. The van der Waals surface area contributed by atoms with Crippen molar-refractivity contribution in [2.45, 2.75) is 19.1 Å². The van der Waals surface area contributed by atoms with E-state index >= 15 is 0 Å². The number of hydrogen-bond acceptors (Lipinski definition) is 6. The molecule has 1 aromatic carbocycles. The molecular weight excluding hydrogens is 314 g/mol. The van der Waals surface area contributed by atoms with Crippen LogP contribution in [0.1, 0.15) is 29.7 Å². The number of methoxy groups -OCH3 is 3. The van der Waals surface area contributed by atoms with Crippen molar-refractivity contribution in [2.75, 3.05) is 27.9 Å². The van der Waals surface area contributed by atoms with Crippen molar-refractivity contribution in [2.24, 2.45) is 0 Å². The first-order chi connectivity index (χ1) is 11.7. The van der Waals surface area contributed by atoms with E-state index in [1.54, 1.807) is 31.0 Å². The third-order valence-electron chi connectivity index (χ3n) is 3.96. The Hall–Kier alpha value is -2.54. The van der Waals surface area contributed by atoms with Crippen LogP contribution in [0, 0.1) is 0 Å². The highest BCUT2D eigenvalue weighted by Crippen LogP contribution is 2.32. The summed E-state index contributed by atoms with van der Waals surface area (Å²) in [7, 11) is 4.51. The molecular formula is C17H20N2O5. The van der Waals surface area contributed by atoms with E-state index in [1.165, 1.54) is 7.11 Å². The number of carbonyl (C=O) groups is 1. The van der Waals surface area contributed by atoms with Crippen molar-refractivity contribution < 1.29 is 23.7 Å². The normalized spacial score (nSPS) is 16.9. The van der Waals surface area contributed by atoms with Crippen LogP contribution in [-0.4, -0.2) is 43.5 Å². The first-order valence-corrected chi connectivity index (χ1v) is 7.68. The predicted molar refractivity (Wildman–Crippen MR) is 86.3 cm³/mol. The fraction of sp³-hybridized carbons (Fsp3) is 0.412. The average molecular weight is 334 g/mol. The van der Waals surface area contributed by atoms with Crippen LogP contribution in [0.15, 0.2) is 24.4 Å². The molecule has 0 amide bonds. The Kier molecular flexibility index (Phi) is 4.71. The van der Waals surface area contributed by atoms with E-state index in [0.29, 0.717) is 23.8 Å². The number of hydrogen-bond donors (Lipinski definition) is 0. The SMILES string of the molecule is COc1cc(OC)cc(-c2cn(C3CCCO3)c([14C](=O)OC)n2)c1. The van der Waals surface area contributed by atoms with Crippen molar-refractivity contribution in [1.82, 2.24) is 9.55 Å². The second kappa shape index (κ2) is 6.92. The van der Waals surface area contributed by atoms with Gasteiger partial charge < -0.3 is 18.9 Å². The smallest absolute Gasteiger partial charge is 0.374 e. The minimum atomic E-state index is -0.494. The van der Waals surface area contributed by atoms with Gasteiger partial charge in [-0.2, -0.15) is 0 Å². The summed E-state index contributed by atoms with van der Waals surface area (Å²) < 4.78 is 22.9. The maximum absolute atomic E-state index is 12.1. The molecule has 1 unspecified atom stereocenters. The summed E-state index contributed by atoms with van der Waals surface area (Å²) in [5.74, 6) is 1.03. The monoisotopic (exact) mass is 334 g/mol. The van der Waals surface area contributed by atoms with Crippen LogP contribution >= 0.6 is 0 Å². The number of rotatable bonds is 5. The molecule has 7 nitrogen and oxygen atoms in total. The van der Waals surface area contributed by atoms with Gasteiger partial charge in [-0.3, -0.25) is 4.57 Å². The summed E-state index contributed by atoms with van der Waals surface area (Å²) in [6.45, 7) is 0.672. The molecule has 24 heavy (non-hydrogen) atoms. The van der Waals surface area contributed by atoms with Crippen molar-refractivity contribution in [3.05, 3.63) is 30.2 Å². The van der Waals surface area contributed by atoms with Crippen LogP contribution in [0.2, 0.25) is 0 Å². The Balaban J connectivity index is 2.06. The van der Waals surface area contributed by atoms with Gasteiger partial charge in [-0.05, 0) is 25.0 Å². The zero-order chi connectivity index (χ0) is 17.1. The lowest BCUT2D eigenvalue weighted by Gasteiger charge is -2.13. The van der Waals surface area contributed by atoms with E-state index in [4.69, 9.17) is 18.9 Å². The van der Waals surface area contributed by atoms with Gasteiger partial charge in [0.1, 0.15) is 17.7 Å². The highest BCUT2D eigenvalue weighted by atomic mass is 16.8. The van der Waals surface area contributed by atoms with Crippen molar-refractivity contribution in [3.63, 3.8) is 0 Å². The van der Waals surface area contributed by atoms with Gasteiger partial charge in [-0.15, -0.1) is 0 Å². The van der Waals surface area contributed by atoms with Gasteiger partial charge in [0.2, 0.25) is 5.82 Å². The number of nitrogens with zero attached hydrogens (tertiary/aromatic N) is 2. The lowest BCUT2D eigenvalue weighted by molar-refractivity contribution is 0.0424. The quantitative estimate of drug-likeness (QED) is 0.783. The first kappa shape index (κ1) is 16.3. The van der Waals surface area contributed by atoms with E-state index < -0.39 is 5.97 Å². The maximum atomic E-state index is 12.1. The van der Waals surface area contributed by atoms with Crippen LogP contribution < -0.4 is 9.47 Å². The Morgan fingerprint density at radius 3 is 2.46 bits per heavy atom. The minimum absolute atomic E-state index is 0.201. The summed E-state index contributed by atoms with van der Waals surface area (Å²) in [5.41, 5.74) is 1.41. The van der Waals surface area contributed by atoms with E-state index in [1.807, 2.05) is 12.1 Å². The van der Waals surface area contributed by atoms with Gasteiger partial charge in [0.15, 0.2) is 0 Å². The van der Waals surface area contributed by atoms with Crippen molar-refractivity contribution in [3.8, 4) is 22.8 Å². The van der Waals surface area contributed by atoms with Crippen LogP contribution in [0.3, 0.4) is 0 Å². The molecule has 1 aliphatic rings. The Labute approximate surface area is 140 Å². The number of esters is 1. The Bertz CT molecular complexity index is 712. The summed E-state index contributed by atoms with van der Waals surface area (Å²) >= 11 is 0. The lowest BCUT2D eigenvalue weighted by Crippen LogP contribution is -2.15. The number of aromatic nitrogens is 2. The fourth-order valence-corrected chi connectivity index (χ4v) is 2.73. The highest BCUT2D eigenvalue weighted by molar-refractivity contribution is 5.86. The second-order valence-corrected chi connectivity index (χ2v) is 5.42. The number of imidazole rings is 1. The van der Waals surface area contributed by atoms with Gasteiger partial charge in [0.05, 0.1) is 27.0 Å². The van der Waals surface area contributed by atoms with Crippen LogP contribution in [0.5, 0.6) is 11.5 Å². The van der Waals surface area contributed by atoms with Gasteiger partial charge in [0, 0.05) is 24.4 Å². The fourth-order valence-electron chi connectivity index (χ4n) is 2.73. The molecule has 1 saturated heterocycles. The predicted octanol–water partition coefficient (Wildman–Crippen LogP) is 2.66. The third kappa shape index (κ3) is 3.07. The molecule has 0 spiro atoms. The average Bonchev–Trinajstić information content (AvgIpc) is 3.29. The first-order valence-electron chi connectivity index (χ1n) is 7.68. The summed E-state index contributed by atoms with van der Waals surface area (Å²) in [6, 6.07) is 5.46. The topological polar surface area (TPSA) is 71.8 Å². The molecule has 2 aromatic rings. The minimum Gasteiger partial charge on any atom is -0.497 e. The molecule has 0 aliphatic carbocycles. The van der Waals surface area contributed by atoms with E-state index in [9.17, 15) is 4.79 Å². The zero-order valence-electron chi connectivity index (χ0n) is 13.9.